The lowest BCUT2D eigenvalue weighted by Gasteiger charge is -2.39. The first-order valence-electron chi connectivity index (χ1n) is 10.2. The Labute approximate surface area is 164 Å². The highest BCUT2D eigenvalue weighted by molar-refractivity contribution is 6.00. The van der Waals surface area contributed by atoms with Crippen LogP contribution in [-0.4, -0.2) is 17.9 Å². The number of esters is 1. The predicted molar refractivity (Wildman–Crippen MR) is 104 cm³/mol. The first-order chi connectivity index (χ1) is 13.5. The zero-order chi connectivity index (χ0) is 19.7. The molecule has 1 heterocycles. The van der Waals surface area contributed by atoms with Crippen LogP contribution in [0, 0.1) is 11.7 Å². The van der Waals surface area contributed by atoms with Gasteiger partial charge in [-0.25, -0.2) is 4.39 Å². The standard InChI is InChI=1S/C23H26FNO3/c1-14-20(23(27)28-17-9-3-2-4-10-17)21(15-7-5-8-16(24)13-15)22-18(25-14)11-6-12-19(22)26/h5,7-8,13,17,20-21,25H,1-4,6,9-12H2. The number of carbonyl (C=O) groups excluding carboxylic acids is 2. The van der Waals surface area contributed by atoms with Gasteiger partial charge in [-0.3, -0.25) is 9.59 Å². The minimum absolute atomic E-state index is 0.0194. The second-order valence-corrected chi connectivity index (χ2v) is 8.03. The fourth-order valence-corrected chi connectivity index (χ4v) is 4.75. The second-order valence-electron chi connectivity index (χ2n) is 8.03. The van der Waals surface area contributed by atoms with Crippen molar-refractivity contribution in [1.29, 1.82) is 0 Å². The Morgan fingerprint density at radius 1 is 1.14 bits per heavy atom. The number of Topliss-reactive ketones (excluding diaryl/α,β-unsaturated/α-hetero) is 1. The predicted octanol–water partition coefficient (Wildman–Crippen LogP) is 4.53. The lowest BCUT2D eigenvalue weighted by Crippen LogP contribution is -2.42. The normalized spacial score (nSPS) is 25.9. The average Bonchev–Trinajstić information content (AvgIpc) is 2.68. The maximum Gasteiger partial charge on any atom is 0.316 e. The van der Waals surface area contributed by atoms with Crippen LogP contribution in [0.1, 0.15) is 62.8 Å². The molecule has 1 N–H and O–H groups in total. The van der Waals surface area contributed by atoms with E-state index in [9.17, 15) is 14.0 Å². The van der Waals surface area contributed by atoms with Crippen LogP contribution in [-0.2, 0) is 14.3 Å². The number of ether oxygens (including phenoxy) is 1. The molecule has 3 aliphatic rings. The van der Waals surface area contributed by atoms with Gasteiger partial charge in [0.15, 0.2) is 5.78 Å². The van der Waals surface area contributed by atoms with Crippen molar-refractivity contribution in [2.24, 2.45) is 5.92 Å². The smallest absolute Gasteiger partial charge is 0.316 e. The molecule has 0 spiro atoms. The molecule has 2 atom stereocenters. The fraction of sp³-hybridized carbons (Fsp3) is 0.478. The van der Waals surface area contributed by atoms with Gasteiger partial charge in [-0.1, -0.05) is 25.1 Å². The van der Waals surface area contributed by atoms with Crippen LogP contribution in [0.2, 0.25) is 0 Å². The summed E-state index contributed by atoms with van der Waals surface area (Å²) in [6, 6.07) is 6.18. The average molecular weight is 383 g/mol. The highest BCUT2D eigenvalue weighted by Crippen LogP contribution is 2.44. The molecular formula is C23H26FNO3. The largest absolute Gasteiger partial charge is 0.462 e. The number of nitrogens with one attached hydrogen (secondary N) is 1. The molecule has 1 aromatic carbocycles. The number of hydrogen-bond donors (Lipinski definition) is 1. The molecule has 2 aliphatic carbocycles. The minimum atomic E-state index is -0.732. The van der Waals surface area contributed by atoms with Crippen LogP contribution < -0.4 is 5.32 Å². The van der Waals surface area contributed by atoms with E-state index in [2.05, 4.69) is 11.9 Å². The minimum Gasteiger partial charge on any atom is -0.462 e. The molecule has 1 saturated carbocycles. The van der Waals surface area contributed by atoms with Gasteiger partial charge >= 0.3 is 5.97 Å². The summed E-state index contributed by atoms with van der Waals surface area (Å²) in [5.41, 5.74) is 2.56. The summed E-state index contributed by atoms with van der Waals surface area (Å²) < 4.78 is 19.8. The number of benzene rings is 1. The van der Waals surface area contributed by atoms with E-state index in [-0.39, 0.29) is 23.7 Å². The molecule has 2 unspecified atom stereocenters. The number of allylic oxidation sites excluding steroid dienone is 2. The van der Waals surface area contributed by atoms with E-state index in [0.717, 1.165) is 44.2 Å². The monoisotopic (exact) mass is 383 g/mol. The van der Waals surface area contributed by atoms with Crippen LogP contribution in [0.4, 0.5) is 4.39 Å². The van der Waals surface area contributed by atoms with E-state index < -0.39 is 11.8 Å². The van der Waals surface area contributed by atoms with Crippen LogP contribution in [0.15, 0.2) is 47.8 Å². The summed E-state index contributed by atoms with van der Waals surface area (Å²) in [6.45, 7) is 4.07. The van der Waals surface area contributed by atoms with Crippen molar-refractivity contribution in [2.75, 3.05) is 0 Å². The Balaban J connectivity index is 1.72. The number of ketones is 1. The Kier molecular flexibility index (Phi) is 5.33. The molecule has 5 heteroatoms. The summed E-state index contributed by atoms with van der Waals surface area (Å²) in [7, 11) is 0. The number of halogens is 1. The van der Waals surface area contributed by atoms with Gasteiger partial charge in [-0.15, -0.1) is 0 Å². The molecule has 4 nitrogen and oxygen atoms in total. The molecule has 1 aromatic rings. The summed E-state index contributed by atoms with van der Waals surface area (Å²) in [5.74, 6) is -2.02. The summed E-state index contributed by atoms with van der Waals surface area (Å²) in [6.07, 6.45) is 6.89. The van der Waals surface area contributed by atoms with E-state index in [0.29, 0.717) is 23.3 Å². The van der Waals surface area contributed by atoms with Gasteiger partial charge in [0, 0.05) is 29.3 Å². The molecule has 1 fully saturated rings. The number of hydrogen-bond acceptors (Lipinski definition) is 4. The molecule has 0 saturated heterocycles. The maximum absolute atomic E-state index is 14.0. The Morgan fingerprint density at radius 3 is 2.68 bits per heavy atom. The quantitative estimate of drug-likeness (QED) is 0.780. The van der Waals surface area contributed by atoms with Crippen molar-refractivity contribution in [3.05, 3.63) is 59.2 Å². The van der Waals surface area contributed by atoms with Gasteiger partial charge in [0.05, 0.1) is 0 Å². The Morgan fingerprint density at radius 2 is 1.93 bits per heavy atom. The van der Waals surface area contributed by atoms with Crippen molar-refractivity contribution in [1.82, 2.24) is 5.32 Å². The topological polar surface area (TPSA) is 55.4 Å². The third-order valence-corrected chi connectivity index (χ3v) is 6.08. The Hall–Kier alpha value is -2.43. The van der Waals surface area contributed by atoms with E-state index >= 15 is 0 Å². The highest BCUT2D eigenvalue weighted by Gasteiger charge is 2.44. The lowest BCUT2D eigenvalue weighted by molar-refractivity contribution is -0.155. The molecule has 0 aromatic heterocycles. The molecule has 0 radical (unpaired) electrons. The molecule has 0 amide bonds. The van der Waals surface area contributed by atoms with E-state index in [1.807, 2.05) is 0 Å². The zero-order valence-corrected chi connectivity index (χ0v) is 16.0. The zero-order valence-electron chi connectivity index (χ0n) is 16.0. The first-order valence-corrected chi connectivity index (χ1v) is 10.2. The van der Waals surface area contributed by atoms with Gasteiger partial charge in [0.1, 0.15) is 17.8 Å². The molecule has 0 bridgehead atoms. The van der Waals surface area contributed by atoms with Crippen LogP contribution in [0.5, 0.6) is 0 Å². The molecule has 4 rings (SSSR count). The number of carbonyl (C=O) groups is 2. The lowest BCUT2D eigenvalue weighted by atomic mass is 9.71. The van der Waals surface area contributed by atoms with Gasteiger partial charge in [0.2, 0.25) is 0 Å². The Bertz CT molecular complexity index is 838. The molecular weight excluding hydrogens is 357 g/mol. The maximum atomic E-state index is 14.0. The van der Waals surface area contributed by atoms with Crippen LogP contribution in [0.25, 0.3) is 0 Å². The van der Waals surface area contributed by atoms with E-state index in [1.165, 1.54) is 18.6 Å². The summed E-state index contributed by atoms with van der Waals surface area (Å²) >= 11 is 0. The highest BCUT2D eigenvalue weighted by atomic mass is 19.1. The third kappa shape index (κ3) is 3.62. The van der Waals surface area contributed by atoms with Crippen molar-refractivity contribution < 1.29 is 18.7 Å². The van der Waals surface area contributed by atoms with Gasteiger partial charge in [0.25, 0.3) is 0 Å². The van der Waals surface area contributed by atoms with Crippen molar-refractivity contribution in [3.8, 4) is 0 Å². The van der Waals surface area contributed by atoms with Crippen molar-refractivity contribution >= 4 is 11.8 Å². The summed E-state index contributed by atoms with van der Waals surface area (Å²) in [5, 5.41) is 3.20. The van der Waals surface area contributed by atoms with E-state index in [1.54, 1.807) is 12.1 Å². The molecule has 1 aliphatic heterocycles. The molecule has 148 valence electrons. The van der Waals surface area contributed by atoms with Gasteiger partial charge in [-0.05, 0) is 56.2 Å². The van der Waals surface area contributed by atoms with Gasteiger partial charge in [-0.2, -0.15) is 0 Å². The second kappa shape index (κ2) is 7.90. The van der Waals surface area contributed by atoms with Crippen molar-refractivity contribution in [3.63, 3.8) is 0 Å². The van der Waals surface area contributed by atoms with Crippen LogP contribution in [0.3, 0.4) is 0 Å². The first kappa shape index (κ1) is 18.9. The third-order valence-electron chi connectivity index (χ3n) is 6.08. The molecule has 28 heavy (non-hydrogen) atoms. The van der Waals surface area contributed by atoms with Crippen LogP contribution >= 0.6 is 0 Å². The van der Waals surface area contributed by atoms with E-state index in [4.69, 9.17) is 4.74 Å². The van der Waals surface area contributed by atoms with Crippen molar-refractivity contribution in [2.45, 2.75) is 63.4 Å². The fourth-order valence-electron chi connectivity index (χ4n) is 4.75. The number of rotatable bonds is 3. The SMILES string of the molecule is C=C1NC2=C(C(=O)CCC2)C(c2cccc(F)c2)C1C(=O)OC1CCCCC1. The van der Waals surface area contributed by atoms with Gasteiger partial charge < -0.3 is 10.1 Å². The summed E-state index contributed by atoms with van der Waals surface area (Å²) in [4.78, 5) is 26.0.